The van der Waals surface area contributed by atoms with Gasteiger partial charge in [-0.1, -0.05) is 18.2 Å². The normalized spacial score (nSPS) is 11.4. The molecule has 2 aromatic carbocycles. The molecule has 0 aliphatic carbocycles. The van der Waals surface area contributed by atoms with Gasteiger partial charge in [-0.2, -0.15) is 0 Å². The minimum absolute atomic E-state index is 0.0241. The fourth-order valence-electron chi connectivity index (χ4n) is 3.52. The van der Waals surface area contributed by atoms with Gasteiger partial charge in [-0.15, -0.1) is 0 Å². The van der Waals surface area contributed by atoms with Gasteiger partial charge < -0.3 is 4.42 Å². The Morgan fingerprint density at radius 2 is 1.68 bits per heavy atom. The summed E-state index contributed by atoms with van der Waals surface area (Å²) in [5, 5.41) is 1.28. The molecule has 0 fully saturated rings. The highest BCUT2D eigenvalue weighted by atomic mass is 16.3. The Morgan fingerprint density at radius 1 is 0.880 bits per heavy atom. The summed E-state index contributed by atoms with van der Waals surface area (Å²) >= 11 is 0. The lowest BCUT2D eigenvalue weighted by Gasteiger charge is -2.12. The van der Waals surface area contributed by atoms with Gasteiger partial charge in [0.1, 0.15) is 11.2 Å². The molecule has 0 atom stereocenters. The maximum atomic E-state index is 13.2. The SMILES string of the molecule is Cc1cc(C)c2oc3c(-c4ncccc4C)ccc(C)c3c(=O)c2c1. The van der Waals surface area contributed by atoms with Gasteiger partial charge in [-0.25, -0.2) is 0 Å². The minimum Gasteiger partial charge on any atom is -0.455 e. The van der Waals surface area contributed by atoms with Crippen LogP contribution in [-0.2, 0) is 0 Å². The van der Waals surface area contributed by atoms with Gasteiger partial charge in [-0.05, 0) is 68.1 Å². The number of pyridine rings is 1. The number of rotatable bonds is 1. The van der Waals surface area contributed by atoms with Crippen molar-refractivity contribution in [3.63, 3.8) is 0 Å². The van der Waals surface area contributed by atoms with Crippen LogP contribution in [-0.4, -0.2) is 4.98 Å². The highest BCUT2D eigenvalue weighted by Crippen LogP contribution is 2.32. The van der Waals surface area contributed by atoms with Crippen LogP contribution in [0.4, 0.5) is 0 Å². The van der Waals surface area contributed by atoms with E-state index in [1.54, 1.807) is 6.20 Å². The van der Waals surface area contributed by atoms with Crippen LogP contribution in [0.5, 0.6) is 0 Å². The van der Waals surface area contributed by atoms with Crippen LogP contribution < -0.4 is 5.43 Å². The zero-order valence-corrected chi connectivity index (χ0v) is 14.8. The highest BCUT2D eigenvalue weighted by molar-refractivity contribution is 5.99. The first-order valence-corrected chi connectivity index (χ1v) is 8.36. The summed E-state index contributed by atoms with van der Waals surface area (Å²) in [6.45, 7) is 7.94. The summed E-state index contributed by atoms with van der Waals surface area (Å²) < 4.78 is 6.29. The second-order valence-electron chi connectivity index (χ2n) is 6.69. The van der Waals surface area contributed by atoms with Gasteiger partial charge in [0.25, 0.3) is 0 Å². The molecule has 0 saturated heterocycles. The Morgan fingerprint density at radius 3 is 2.44 bits per heavy atom. The van der Waals surface area contributed by atoms with E-state index in [1.807, 2.05) is 64.1 Å². The van der Waals surface area contributed by atoms with E-state index in [9.17, 15) is 4.79 Å². The number of fused-ring (bicyclic) bond motifs is 2. The molecule has 0 N–H and O–H groups in total. The van der Waals surface area contributed by atoms with Gasteiger partial charge >= 0.3 is 0 Å². The van der Waals surface area contributed by atoms with E-state index >= 15 is 0 Å². The van der Waals surface area contributed by atoms with Crippen LogP contribution in [0, 0.1) is 27.7 Å². The van der Waals surface area contributed by atoms with Crippen LogP contribution in [0.15, 0.2) is 51.8 Å². The largest absolute Gasteiger partial charge is 0.455 e. The van der Waals surface area contributed by atoms with Crippen molar-refractivity contribution in [2.45, 2.75) is 27.7 Å². The number of hydrogen-bond donors (Lipinski definition) is 0. The molecule has 0 spiro atoms. The van der Waals surface area contributed by atoms with Gasteiger partial charge in [0.15, 0.2) is 0 Å². The second-order valence-corrected chi connectivity index (χ2v) is 6.69. The molecule has 0 bridgehead atoms. The predicted octanol–water partition coefficient (Wildman–Crippen LogP) is 5.24. The fourth-order valence-corrected chi connectivity index (χ4v) is 3.52. The minimum atomic E-state index is 0.0241. The van der Waals surface area contributed by atoms with E-state index in [2.05, 4.69) is 4.98 Å². The number of benzene rings is 2. The van der Waals surface area contributed by atoms with Crippen LogP contribution in [0.25, 0.3) is 33.2 Å². The zero-order chi connectivity index (χ0) is 17.7. The van der Waals surface area contributed by atoms with Crippen molar-refractivity contribution in [3.8, 4) is 11.3 Å². The van der Waals surface area contributed by atoms with Gasteiger partial charge in [0.2, 0.25) is 5.43 Å². The zero-order valence-electron chi connectivity index (χ0n) is 14.8. The lowest BCUT2D eigenvalue weighted by Crippen LogP contribution is -2.06. The van der Waals surface area contributed by atoms with Crippen LogP contribution in [0.2, 0.25) is 0 Å². The van der Waals surface area contributed by atoms with E-state index in [4.69, 9.17) is 4.42 Å². The monoisotopic (exact) mass is 329 g/mol. The summed E-state index contributed by atoms with van der Waals surface area (Å²) in [5.74, 6) is 0. The molecular weight excluding hydrogens is 310 g/mol. The summed E-state index contributed by atoms with van der Waals surface area (Å²) in [5.41, 5.74) is 7.01. The molecule has 0 unspecified atom stereocenters. The molecule has 4 rings (SSSR count). The van der Waals surface area contributed by atoms with Crippen LogP contribution in [0.3, 0.4) is 0 Å². The smallest absolute Gasteiger partial charge is 0.200 e. The molecule has 0 saturated carbocycles. The summed E-state index contributed by atoms with van der Waals surface area (Å²) in [7, 11) is 0. The van der Waals surface area contributed by atoms with E-state index in [0.29, 0.717) is 21.9 Å². The molecule has 0 amide bonds. The van der Waals surface area contributed by atoms with E-state index in [0.717, 1.165) is 33.5 Å². The number of aryl methyl sites for hydroxylation is 4. The van der Waals surface area contributed by atoms with Crippen molar-refractivity contribution in [2.75, 3.05) is 0 Å². The Hall–Kier alpha value is -2.94. The van der Waals surface area contributed by atoms with E-state index in [1.165, 1.54) is 0 Å². The highest BCUT2D eigenvalue weighted by Gasteiger charge is 2.17. The quantitative estimate of drug-likeness (QED) is 0.448. The predicted molar refractivity (Wildman–Crippen MR) is 102 cm³/mol. The maximum Gasteiger partial charge on any atom is 0.200 e. The Bertz CT molecular complexity index is 1200. The average molecular weight is 329 g/mol. The van der Waals surface area contributed by atoms with Gasteiger partial charge in [0.05, 0.1) is 16.5 Å². The molecule has 2 heterocycles. The van der Waals surface area contributed by atoms with Gasteiger partial charge in [-0.3, -0.25) is 9.78 Å². The Balaban J connectivity index is 2.24. The van der Waals surface area contributed by atoms with Crippen molar-refractivity contribution in [1.29, 1.82) is 0 Å². The first-order valence-electron chi connectivity index (χ1n) is 8.36. The van der Waals surface area contributed by atoms with Crippen molar-refractivity contribution >= 4 is 21.9 Å². The second kappa shape index (κ2) is 5.55. The van der Waals surface area contributed by atoms with E-state index < -0.39 is 0 Å². The molecule has 0 aliphatic rings. The Kier molecular flexibility index (Phi) is 3.46. The van der Waals surface area contributed by atoms with E-state index in [-0.39, 0.29) is 5.43 Å². The molecule has 0 aliphatic heterocycles. The molecule has 3 nitrogen and oxygen atoms in total. The number of hydrogen-bond acceptors (Lipinski definition) is 3. The molecule has 3 heteroatoms. The average Bonchev–Trinajstić information content (AvgIpc) is 2.57. The first kappa shape index (κ1) is 15.6. The topological polar surface area (TPSA) is 43.1 Å². The third kappa shape index (κ3) is 2.35. The van der Waals surface area contributed by atoms with Crippen molar-refractivity contribution in [3.05, 3.63) is 75.1 Å². The van der Waals surface area contributed by atoms with Crippen molar-refractivity contribution in [2.24, 2.45) is 0 Å². The van der Waals surface area contributed by atoms with Crippen molar-refractivity contribution < 1.29 is 4.42 Å². The number of aromatic nitrogens is 1. The molecule has 2 aromatic heterocycles. The third-order valence-electron chi connectivity index (χ3n) is 4.73. The summed E-state index contributed by atoms with van der Waals surface area (Å²) in [6, 6.07) is 11.8. The number of nitrogens with zero attached hydrogens (tertiary/aromatic N) is 1. The summed E-state index contributed by atoms with van der Waals surface area (Å²) in [6.07, 6.45) is 1.77. The van der Waals surface area contributed by atoms with Crippen LogP contribution in [0.1, 0.15) is 22.3 Å². The lowest BCUT2D eigenvalue weighted by molar-refractivity contribution is 0.657. The Labute approximate surface area is 145 Å². The molecule has 0 radical (unpaired) electrons. The van der Waals surface area contributed by atoms with Crippen LogP contribution >= 0.6 is 0 Å². The third-order valence-corrected chi connectivity index (χ3v) is 4.73. The first-order chi connectivity index (χ1) is 12.0. The maximum absolute atomic E-state index is 13.2. The summed E-state index contributed by atoms with van der Waals surface area (Å²) in [4.78, 5) is 17.7. The van der Waals surface area contributed by atoms with Crippen molar-refractivity contribution in [1.82, 2.24) is 4.98 Å². The lowest BCUT2D eigenvalue weighted by atomic mass is 9.98. The molecular formula is C22H19NO2. The fraction of sp³-hybridized carbons (Fsp3) is 0.182. The van der Waals surface area contributed by atoms with Gasteiger partial charge in [0, 0.05) is 11.8 Å². The molecule has 25 heavy (non-hydrogen) atoms. The molecule has 4 aromatic rings. The standard InChI is InChI=1S/C22H19NO2/c1-12-10-15(4)21-17(11-12)20(24)18-13(2)7-8-16(22(18)25-21)19-14(3)6-5-9-23-19/h5-11H,1-4H3. The molecule has 124 valence electrons.